The van der Waals surface area contributed by atoms with Crippen LogP contribution in [0.2, 0.25) is 0 Å². The van der Waals surface area contributed by atoms with Crippen LogP contribution >= 0.6 is 0 Å². The minimum atomic E-state index is 0.0765. The third kappa shape index (κ3) is 3.88. The predicted molar refractivity (Wildman–Crippen MR) is 87.1 cm³/mol. The zero-order valence-electron chi connectivity index (χ0n) is 12.7. The van der Waals surface area contributed by atoms with Crippen LogP contribution in [0, 0.1) is 0 Å². The maximum Gasteiger partial charge on any atom is 0.224 e. The molecule has 3 heteroatoms. The van der Waals surface area contributed by atoms with Gasteiger partial charge in [0.1, 0.15) is 5.75 Å². The van der Waals surface area contributed by atoms with E-state index in [-0.39, 0.29) is 5.91 Å². The first-order chi connectivity index (χ1) is 10.8. The van der Waals surface area contributed by atoms with E-state index < -0.39 is 0 Å². The Labute approximate surface area is 131 Å². The maximum absolute atomic E-state index is 12.0. The lowest BCUT2D eigenvalue weighted by atomic mass is 10.0. The Bertz CT molecular complexity index is 637. The van der Waals surface area contributed by atoms with Gasteiger partial charge in [0, 0.05) is 6.54 Å². The Morgan fingerprint density at radius 1 is 1.09 bits per heavy atom. The van der Waals surface area contributed by atoms with Crippen LogP contribution in [-0.4, -0.2) is 19.1 Å². The molecule has 3 nitrogen and oxygen atoms in total. The summed E-state index contributed by atoms with van der Waals surface area (Å²) in [5.74, 6) is 1.05. The number of amides is 1. The first-order valence-electron chi connectivity index (χ1n) is 7.86. The third-order valence-electron chi connectivity index (χ3n) is 3.92. The minimum Gasteiger partial charge on any atom is -0.493 e. The van der Waals surface area contributed by atoms with E-state index in [1.807, 2.05) is 30.3 Å². The average Bonchev–Trinajstić information content (AvgIpc) is 2.56. The molecule has 1 amide bonds. The summed E-state index contributed by atoms with van der Waals surface area (Å²) >= 11 is 0. The van der Waals surface area contributed by atoms with Crippen LogP contribution in [0.1, 0.15) is 23.1 Å². The molecule has 22 heavy (non-hydrogen) atoms. The molecule has 0 atom stereocenters. The van der Waals surface area contributed by atoms with Gasteiger partial charge in [-0.1, -0.05) is 42.5 Å². The second-order valence-electron chi connectivity index (χ2n) is 5.66. The van der Waals surface area contributed by atoms with Crippen molar-refractivity contribution in [3.63, 3.8) is 0 Å². The summed E-state index contributed by atoms with van der Waals surface area (Å²) in [5.41, 5.74) is 3.52. The summed E-state index contributed by atoms with van der Waals surface area (Å²) in [6.45, 7) is 1.48. The monoisotopic (exact) mass is 295 g/mol. The fraction of sp³-hybridized carbons (Fsp3) is 0.316. The molecule has 0 aromatic heterocycles. The van der Waals surface area contributed by atoms with Gasteiger partial charge in [-0.3, -0.25) is 4.79 Å². The van der Waals surface area contributed by atoms with E-state index in [1.54, 1.807) is 0 Å². The molecule has 1 heterocycles. The molecular formula is C19H21NO2. The number of nitrogens with one attached hydrogen (secondary N) is 1. The van der Waals surface area contributed by atoms with Gasteiger partial charge in [0.15, 0.2) is 0 Å². The topological polar surface area (TPSA) is 38.3 Å². The molecule has 3 rings (SSSR count). The number of rotatable bonds is 5. The van der Waals surface area contributed by atoms with Crippen LogP contribution in [0.15, 0.2) is 48.5 Å². The molecular weight excluding hydrogens is 274 g/mol. The molecule has 0 fully saturated rings. The van der Waals surface area contributed by atoms with Crippen LogP contribution < -0.4 is 10.1 Å². The standard InChI is InChI=1S/C19H21NO2/c21-19(20-11-10-15-5-2-1-3-6-15)14-16-8-9-18-17(13-16)7-4-12-22-18/h1-3,5-6,8-9,13H,4,7,10-12,14H2,(H,20,21). The number of ether oxygens (including phenoxy) is 1. The minimum absolute atomic E-state index is 0.0765. The third-order valence-corrected chi connectivity index (χ3v) is 3.92. The van der Waals surface area contributed by atoms with E-state index in [1.165, 1.54) is 11.1 Å². The Kier molecular flexibility index (Phi) is 4.74. The zero-order valence-corrected chi connectivity index (χ0v) is 12.7. The van der Waals surface area contributed by atoms with Crippen LogP contribution in [0.4, 0.5) is 0 Å². The van der Waals surface area contributed by atoms with Gasteiger partial charge in [-0.25, -0.2) is 0 Å². The van der Waals surface area contributed by atoms with Gasteiger partial charge >= 0.3 is 0 Å². The molecule has 0 saturated heterocycles. The maximum atomic E-state index is 12.0. The smallest absolute Gasteiger partial charge is 0.224 e. The second-order valence-corrected chi connectivity index (χ2v) is 5.66. The van der Waals surface area contributed by atoms with Crippen LogP contribution in [0.25, 0.3) is 0 Å². The van der Waals surface area contributed by atoms with Gasteiger partial charge in [0.05, 0.1) is 13.0 Å². The highest BCUT2D eigenvalue weighted by molar-refractivity contribution is 5.78. The first kappa shape index (κ1) is 14.6. The molecule has 114 valence electrons. The van der Waals surface area contributed by atoms with Crippen molar-refractivity contribution in [3.8, 4) is 5.75 Å². The molecule has 2 aromatic carbocycles. The second kappa shape index (κ2) is 7.12. The Balaban J connectivity index is 1.49. The van der Waals surface area contributed by atoms with Gasteiger partial charge in [-0.2, -0.15) is 0 Å². The lowest BCUT2D eigenvalue weighted by Crippen LogP contribution is -2.27. The molecule has 1 N–H and O–H groups in total. The summed E-state index contributed by atoms with van der Waals surface area (Å²) in [7, 11) is 0. The number of hydrogen-bond donors (Lipinski definition) is 1. The van der Waals surface area contributed by atoms with E-state index in [2.05, 4.69) is 23.5 Å². The number of benzene rings is 2. The van der Waals surface area contributed by atoms with E-state index in [9.17, 15) is 4.79 Å². The SMILES string of the molecule is O=C(Cc1ccc2c(c1)CCCO2)NCCc1ccccc1. The number of carbonyl (C=O) groups excluding carboxylic acids is 1. The number of fused-ring (bicyclic) bond motifs is 1. The average molecular weight is 295 g/mol. The Hall–Kier alpha value is -2.29. The fourth-order valence-corrected chi connectivity index (χ4v) is 2.76. The Morgan fingerprint density at radius 2 is 1.95 bits per heavy atom. The predicted octanol–water partition coefficient (Wildman–Crippen LogP) is 2.91. The molecule has 2 aromatic rings. The van der Waals surface area contributed by atoms with Crippen molar-refractivity contribution < 1.29 is 9.53 Å². The number of carbonyl (C=O) groups is 1. The van der Waals surface area contributed by atoms with Crippen LogP contribution in [-0.2, 0) is 24.1 Å². The van der Waals surface area contributed by atoms with Crippen molar-refractivity contribution >= 4 is 5.91 Å². The lowest BCUT2D eigenvalue weighted by Gasteiger charge is -2.17. The molecule has 0 radical (unpaired) electrons. The molecule has 0 saturated carbocycles. The van der Waals surface area contributed by atoms with Crippen LogP contribution in [0.3, 0.4) is 0 Å². The summed E-state index contributed by atoms with van der Waals surface area (Å²) in [6.07, 6.45) is 3.39. The molecule has 0 aliphatic carbocycles. The first-order valence-corrected chi connectivity index (χ1v) is 7.86. The van der Waals surface area contributed by atoms with Crippen molar-refractivity contribution in [1.82, 2.24) is 5.32 Å². The molecule has 1 aliphatic rings. The molecule has 1 aliphatic heterocycles. The van der Waals surface area contributed by atoms with E-state index in [0.717, 1.165) is 37.2 Å². The summed E-state index contributed by atoms with van der Waals surface area (Å²) in [5, 5.41) is 2.99. The fourth-order valence-electron chi connectivity index (χ4n) is 2.76. The van der Waals surface area contributed by atoms with Crippen molar-refractivity contribution in [2.75, 3.05) is 13.2 Å². The molecule has 0 spiro atoms. The normalized spacial score (nSPS) is 13.1. The summed E-state index contributed by atoms with van der Waals surface area (Å²) in [6, 6.07) is 16.3. The van der Waals surface area contributed by atoms with Gasteiger partial charge in [0.2, 0.25) is 5.91 Å². The van der Waals surface area contributed by atoms with Crippen LogP contribution in [0.5, 0.6) is 5.75 Å². The van der Waals surface area contributed by atoms with E-state index in [4.69, 9.17) is 4.74 Å². The van der Waals surface area contributed by atoms with Gasteiger partial charge in [-0.05, 0) is 42.0 Å². The van der Waals surface area contributed by atoms with Crippen molar-refractivity contribution in [2.24, 2.45) is 0 Å². The van der Waals surface area contributed by atoms with Gasteiger partial charge in [0.25, 0.3) is 0 Å². The Morgan fingerprint density at radius 3 is 2.82 bits per heavy atom. The lowest BCUT2D eigenvalue weighted by molar-refractivity contribution is -0.120. The van der Waals surface area contributed by atoms with Crippen molar-refractivity contribution in [1.29, 1.82) is 0 Å². The van der Waals surface area contributed by atoms with Gasteiger partial charge < -0.3 is 10.1 Å². The van der Waals surface area contributed by atoms with Crippen molar-refractivity contribution in [3.05, 3.63) is 65.2 Å². The van der Waals surface area contributed by atoms with E-state index >= 15 is 0 Å². The van der Waals surface area contributed by atoms with E-state index in [0.29, 0.717) is 13.0 Å². The molecule has 0 bridgehead atoms. The summed E-state index contributed by atoms with van der Waals surface area (Å²) in [4.78, 5) is 12.0. The number of aryl methyl sites for hydroxylation is 1. The van der Waals surface area contributed by atoms with Gasteiger partial charge in [-0.15, -0.1) is 0 Å². The largest absolute Gasteiger partial charge is 0.493 e. The zero-order chi connectivity index (χ0) is 15.2. The highest BCUT2D eigenvalue weighted by Gasteiger charge is 2.11. The molecule has 0 unspecified atom stereocenters. The highest BCUT2D eigenvalue weighted by Crippen LogP contribution is 2.25. The quantitative estimate of drug-likeness (QED) is 0.921. The highest BCUT2D eigenvalue weighted by atomic mass is 16.5. The van der Waals surface area contributed by atoms with Crippen molar-refractivity contribution in [2.45, 2.75) is 25.7 Å². The number of hydrogen-bond acceptors (Lipinski definition) is 2. The summed E-state index contributed by atoms with van der Waals surface area (Å²) < 4.78 is 5.60.